The number of carbonyl (C=O) groups is 2. The first-order valence-corrected chi connectivity index (χ1v) is 11.8. The van der Waals surface area contributed by atoms with Crippen LogP contribution in [-0.4, -0.2) is 45.3 Å². The molecule has 0 atom stereocenters. The lowest BCUT2D eigenvalue weighted by Gasteiger charge is -2.31. The first-order valence-electron chi connectivity index (χ1n) is 11.8. The second-order valence-corrected chi connectivity index (χ2v) is 8.58. The van der Waals surface area contributed by atoms with E-state index in [2.05, 4.69) is 25.8 Å². The number of carboxylic acids is 1. The number of anilines is 4. The van der Waals surface area contributed by atoms with Crippen LogP contribution in [0.2, 0.25) is 0 Å². The van der Waals surface area contributed by atoms with Gasteiger partial charge < -0.3 is 29.8 Å². The lowest BCUT2D eigenvalue weighted by molar-refractivity contribution is -0.142. The van der Waals surface area contributed by atoms with Crippen LogP contribution in [0.3, 0.4) is 0 Å². The highest BCUT2D eigenvalue weighted by molar-refractivity contribution is 6.00. The van der Waals surface area contributed by atoms with E-state index in [-0.39, 0.29) is 23.6 Å². The number of piperidine rings is 1. The van der Waals surface area contributed by atoms with Gasteiger partial charge in [-0.3, -0.25) is 9.59 Å². The zero-order chi connectivity index (χ0) is 26.5. The summed E-state index contributed by atoms with van der Waals surface area (Å²) in [6.07, 6.45) is 2.65. The van der Waals surface area contributed by atoms with Crippen LogP contribution in [0.25, 0.3) is 0 Å². The largest absolute Gasteiger partial charge is 0.481 e. The number of halogens is 1. The average Bonchev–Trinajstić information content (AvgIpc) is 3.40. The highest BCUT2D eigenvalue weighted by atomic mass is 19.1. The molecule has 1 saturated heterocycles. The maximum atomic E-state index is 13.0. The first-order chi connectivity index (χ1) is 18.4. The van der Waals surface area contributed by atoms with Gasteiger partial charge in [-0.2, -0.15) is 0 Å². The second-order valence-electron chi connectivity index (χ2n) is 8.58. The third-order valence-corrected chi connectivity index (χ3v) is 5.95. The van der Waals surface area contributed by atoms with Crippen LogP contribution in [-0.2, 0) is 4.79 Å². The molecule has 2 aromatic heterocycles. The fraction of sp³-hybridized carbons (Fsp3) is 0.192. The molecular formula is C26H23FN6O5. The molecule has 5 rings (SSSR count). The fourth-order valence-electron chi connectivity index (χ4n) is 3.92. The highest BCUT2D eigenvalue weighted by Crippen LogP contribution is 2.25. The van der Waals surface area contributed by atoms with Crippen molar-refractivity contribution in [3.63, 3.8) is 0 Å². The minimum atomic E-state index is -0.763. The summed E-state index contributed by atoms with van der Waals surface area (Å²) in [6, 6.07) is 16.1. The Morgan fingerprint density at radius 3 is 2.24 bits per heavy atom. The summed E-state index contributed by atoms with van der Waals surface area (Å²) < 4.78 is 24.1. The summed E-state index contributed by atoms with van der Waals surface area (Å²) >= 11 is 0. The molecule has 3 heterocycles. The molecule has 38 heavy (non-hydrogen) atoms. The molecular weight excluding hydrogens is 495 g/mol. The molecule has 3 N–H and O–H groups in total. The number of aromatic nitrogens is 3. The Balaban J connectivity index is 1.13. The van der Waals surface area contributed by atoms with Crippen molar-refractivity contribution in [2.24, 2.45) is 5.92 Å². The van der Waals surface area contributed by atoms with Gasteiger partial charge in [0.2, 0.25) is 0 Å². The molecule has 0 bridgehead atoms. The van der Waals surface area contributed by atoms with Crippen molar-refractivity contribution in [2.75, 3.05) is 28.6 Å². The normalized spacial score (nSPS) is 13.7. The van der Waals surface area contributed by atoms with Gasteiger partial charge in [-0.05, 0) is 73.5 Å². The van der Waals surface area contributed by atoms with E-state index in [9.17, 15) is 14.0 Å². The molecule has 2 aromatic carbocycles. The van der Waals surface area contributed by atoms with Crippen molar-refractivity contribution in [3.8, 4) is 11.5 Å². The van der Waals surface area contributed by atoms with E-state index in [0.29, 0.717) is 54.6 Å². The van der Waals surface area contributed by atoms with E-state index < -0.39 is 11.9 Å². The fourth-order valence-corrected chi connectivity index (χ4v) is 3.92. The van der Waals surface area contributed by atoms with Gasteiger partial charge in [0.1, 0.15) is 23.1 Å². The molecule has 1 fully saturated rings. The maximum absolute atomic E-state index is 13.0. The molecule has 11 nitrogen and oxygen atoms in total. The Labute approximate surface area is 216 Å². The van der Waals surface area contributed by atoms with Gasteiger partial charge in [-0.15, -0.1) is 5.10 Å². The van der Waals surface area contributed by atoms with Gasteiger partial charge in [0.05, 0.1) is 17.8 Å². The first kappa shape index (κ1) is 24.7. The summed E-state index contributed by atoms with van der Waals surface area (Å²) in [5.74, 6) is -0.479. The Kier molecular flexibility index (Phi) is 7.11. The molecule has 4 aromatic rings. The van der Waals surface area contributed by atoms with E-state index in [4.69, 9.17) is 14.3 Å². The summed E-state index contributed by atoms with van der Waals surface area (Å²) in [6.45, 7) is 1.22. The van der Waals surface area contributed by atoms with Gasteiger partial charge in [-0.25, -0.2) is 9.37 Å². The van der Waals surface area contributed by atoms with Crippen LogP contribution in [0.5, 0.6) is 11.5 Å². The zero-order valence-corrected chi connectivity index (χ0v) is 20.0. The molecule has 0 unspecified atom stereocenters. The third kappa shape index (κ3) is 6.03. The number of pyridine rings is 1. The number of hydrogen-bond donors (Lipinski definition) is 3. The lowest BCUT2D eigenvalue weighted by Crippen LogP contribution is -2.36. The summed E-state index contributed by atoms with van der Waals surface area (Å²) in [4.78, 5) is 30.1. The number of nitrogens with zero attached hydrogens (tertiary/aromatic N) is 4. The SMILES string of the molecule is O=C(Nc1ccc(N2CCC(C(=O)O)CC2)nc1)c1nnc(Nc2ccc(Oc3ccc(F)cc3)cc2)o1. The summed E-state index contributed by atoms with van der Waals surface area (Å²) in [7, 11) is 0. The standard InChI is InChI=1S/C26H23FN6O5/c27-17-1-6-20(7-2-17)37-21-8-3-18(4-9-21)30-26-32-31-24(38-26)23(34)29-19-5-10-22(28-15-19)33-13-11-16(12-14-33)25(35)36/h1-10,15-16H,11-14H2,(H,29,34)(H,30,32)(H,35,36). The zero-order valence-electron chi connectivity index (χ0n) is 20.0. The number of ether oxygens (including phenoxy) is 1. The number of benzene rings is 2. The minimum absolute atomic E-state index is 0.0283. The van der Waals surface area contributed by atoms with E-state index in [1.165, 1.54) is 30.5 Å². The second kappa shape index (κ2) is 10.9. The quantitative estimate of drug-likeness (QED) is 0.300. The van der Waals surface area contributed by atoms with E-state index in [1.807, 2.05) is 4.90 Å². The number of nitrogens with one attached hydrogen (secondary N) is 2. The summed E-state index contributed by atoms with van der Waals surface area (Å²) in [5.41, 5.74) is 1.07. The van der Waals surface area contributed by atoms with E-state index in [0.717, 1.165) is 0 Å². The number of hydrogen-bond acceptors (Lipinski definition) is 9. The number of aliphatic carboxylic acids is 1. The molecule has 12 heteroatoms. The van der Waals surface area contributed by atoms with Crippen molar-refractivity contribution < 1.29 is 28.2 Å². The molecule has 1 amide bonds. The number of carbonyl (C=O) groups excluding carboxylic acids is 1. The van der Waals surface area contributed by atoms with Crippen molar-refractivity contribution in [2.45, 2.75) is 12.8 Å². The smallest absolute Gasteiger partial charge is 0.320 e. The van der Waals surface area contributed by atoms with Gasteiger partial charge in [0.25, 0.3) is 0 Å². The minimum Gasteiger partial charge on any atom is -0.481 e. The molecule has 194 valence electrons. The van der Waals surface area contributed by atoms with Crippen molar-refractivity contribution >= 4 is 35.1 Å². The number of rotatable bonds is 8. The Bertz CT molecular complexity index is 1400. The van der Waals surface area contributed by atoms with Crippen molar-refractivity contribution in [3.05, 3.63) is 78.6 Å². The Morgan fingerprint density at radius 2 is 1.61 bits per heavy atom. The van der Waals surface area contributed by atoms with Crippen molar-refractivity contribution in [1.82, 2.24) is 15.2 Å². The number of amides is 1. The van der Waals surface area contributed by atoms with Crippen LogP contribution < -0.4 is 20.3 Å². The topological polar surface area (TPSA) is 143 Å². The van der Waals surface area contributed by atoms with Crippen LogP contribution in [0.4, 0.5) is 27.6 Å². The average molecular weight is 519 g/mol. The molecule has 0 aliphatic carbocycles. The molecule has 0 saturated carbocycles. The predicted molar refractivity (Wildman–Crippen MR) is 135 cm³/mol. The highest BCUT2D eigenvalue weighted by Gasteiger charge is 2.25. The monoisotopic (exact) mass is 518 g/mol. The van der Waals surface area contributed by atoms with Crippen molar-refractivity contribution in [1.29, 1.82) is 0 Å². The molecule has 0 radical (unpaired) electrons. The van der Waals surface area contributed by atoms with Gasteiger partial charge >= 0.3 is 23.8 Å². The molecule has 1 aliphatic heterocycles. The van der Waals surface area contributed by atoms with Crippen LogP contribution in [0.1, 0.15) is 23.5 Å². The van der Waals surface area contributed by atoms with E-state index in [1.54, 1.807) is 36.4 Å². The predicted octanol–water partition coefficient (Wildman–Crippen LogP) is 4.69. The van der Waals surface area contributed by atoms with Crippen LogP contribution in [0, 0.1) is 11.7 Å². The lowest BCUT2D eigenvalue weighted by atomic mass is 9.97. The van der Waals surface area contributed by atoms with Crippen LogP contribution >= 0.6 is 0 Å². The van der Waals surface area contributed by atoms with Gasteiger partial charge in [-0.1, -0.05) is 5.10 Å². The van der Waals surface area contributed by atoms with Crippen LogP contribution in [0.15, 0.2) is 71.3 Å². The Hall–Kier alpha value is -5.00. The van der Waals surface area contributed by atoms with Gasteiger partial charge in [0, 0.05) is 18.8 Å². The molecule has 0 spiro atoms. The molecule has 1 aliphatic rings. The maximum Gasteiger partial charge on any atom is 0.320 e. The third-order valence-electron chi connectivity index (χ3n) is 5.95. The van der Waals surface area contributed by atoms with Gasteiger partial charge in [0.15, 0.2) is 0 Å². The van der Waals surface area contributed by atoms with E-state index >= 15 is 0 Å². The Morgan fingerprint density at radius 1 is 0.947 bits per heavy atom. The summed E-state index contributed by atoms with van der Waals surface area (Å²) in [5, 5.41) is 22.3. The number of carboxylic acid groups (broad SMARTS) is 1.